The van der Waals surface area contributed by atoms with Crippen molar-refractivity contribution in [3.8, 4) is 6.07 Å². The molecule has 5 fully saturated rings. The standard InChI is InChI=1S/C28H43N3O3/c29-20-27(11-2-1-3-12-27)24-6-4-5-23(19-24)21-7-9-22(10-8-21)25(32)30-15-17-31(18-16-30)26(33)28(34)13-14-28/h21-24,34H,1-19H2. The van der Waals surface area contributed by atoms with Gasteiger partial charge in [-0.05, 0) is 82.0 Å². The fraction of sp³-hybridized carbons (Fsp3) is 0.893. The Hall–Kier alpha value is -1.61. The maximum atomic E-state index is 13.2. The first kappa shape index (κ1) is 24.1. The Labute approximate surface area is 205 Å². The number of carbonyl (C=O) groups excluding carboxylic acids is 2. The highest BCUT2D eigenvalue weighted by atomic mass is 16.3. The van der Waals surface area contributed by atoms with Crippen molar-refractivity contribution >= 4 is 11.8 Å². The molecule has 1 N–H and O–H groups in total. The number of hydrogen-bond acceptors (Lipinski definition) is 4. The number of hydrogen-bond donors (Lipinski definition) is 1. The zero-order chi connectivity index (χ0) is 23.8. The van der Waals surface area contributed by atoms with Crippen molar-refractivity contribution in [1.82, 2.24) is 9.80 Å². The lowest BCUT2D eigenvalue weighted by Gasteiger charge is -2.45. The summed E-state index contributed by atoms with van der Waals surface area (Å²) in [7, 11) is 0. The second-order valence-corrected chi connectivity index (χ2v) is 12.2. The molecule has 2 unspecified atom stereocenters. The fourth-order valence-corrected chi connectivity index (χ4v) is 7.80. The summed E-state index contributed by atoms with van der Waals surface area (Å²) >= 11 is 0. The summed E-state index contributed by atoms with van der Waals surface area (Å²) in [6, 6.07) is 2.80. The number of aliphatic hydroxyl groups is 1. The van der Waals surface area contributed by atoms with Gasteiger partial charge in [-0.15, -0.1) is 0 Å². The molecule has 4 aliphatic carbocycles. The van der Waals surface area contributed by atoms with Gasteiger partial charge in [-0.1, -0.05) is 32.1 Å². The van der Waals surface area contributed by atoms with Crippen LogP contribution in [0.1, 0.15) is 96.3 Å². The third-order valence-electron chi connectivity index (χ3n) is 10.3. The van der Waals surface area contributed by atoms with Crippen LogP contribution in [0.15, 0.2) is 0 Å². The fourth-order valence-electron chi connectivity index (χ4n) is 7.80. The van der Waals surface area contributed by atoms with Crippen LogP contribution >= 0.6 is 0 Å². The quantitative estimate of drug-likeness (QED) is 0.666. The van der Waals surface area contributed by atoms with Crippen LogP contribution in [0.2, 0.25) is 0 Å². The average Bonchev–Trinajstić information content (AvgIpc) is 3.67. The second-order valence-electron chi connectivity index (χ2n) is 12.2. The summed E-state index contributed by atoms with van der Waals surface area (Å²) in [6.45, 7) is 2.29. The van der Waals surface area contributed by atoms with E-state index < -0.39 is 5.60 Å². The first-order valence-corrected chi connectivity index (χ1v) is 14.2. The molecule has 5 rings (SSSR count). The van der Waals surface area contributed by atoms with Gasteiger partial charge < -0.3 is 14.9 Å². The molecule has 5 aliphatic rings. The third-order valence-corrected chi connectivity index (χ3v) is 10.3. The van der Waals surface area contributed by atoms with Crippen LogP contribution in [-0.4, -0.2) is 58.5 Å². The largest absolute Gasteiger partial charge is 0.380 e. The number of rotatable bonds is 4. The number of nitriles is 1. The zero-order valence-electron chi connectivity index (χ0n) is 20.8. The van der Waals surface area contributed by atoms with Crippen LogP contribution in [0.5, 0.6) is 0 Å². The van der Waals surface area contributed by atoms with Gasteiger partial charge in [0.1, 0.15) is 5.60 Å². The Bertz CT molecular complexity index is 794. The van der Waals surface area contributed by atoms with Gasteiger partial charge >= 0.3 is 0 Å². The summed E-state index contributed by atoms with van der Waals surface area (Å²) in [6.07, 6.45) is 16.5. The lowest BCUT2D eigenvalue weighted by molar-refractivity contribution is -0.148. The minimum atomic E-state index is -1.10. The van der Waals surface area contributed by atoms with Gasteiger partial charge in [0.25, 0.3) is 5.91 Å². The summed E-state index contributed by atoms with van der Waals surface area (Å²) in [4.78, 5) is 29.3. The highest BCUT2D eigenvalue weighted by Crippen LogP contribution is 2.51. The molecule has 2 atom stereocenters. The van der Waals surface area contributed by atoms with Gasteiger partial charge in [0.2, 0.25) is 5.91 Å². The minimum absolute atomic E-state index is 0.0528. The first-order chi connectivity index (χ1) is 16.4. The molecule has 6 nitrogen and oxygen atoms in total. The number of carbonyl (C=O) groups is 2. The molecule has 34 heavy (non-hydrogen) atoms. The first-order valence-electron chi connectivity index (χ1n) is 14.2. The molecule has 0 spiro atoms. The van der Waals surface area contributed by atoms with E-state index in [9.17, 15) is 20.0 Å². The molecule has 6 heteroatoms. The molecule has 0 aromatic carbocycles. The predicted octanol–water partition coefficient (Wildman–Crippen LogP) is 4.27. The van der Waals surface area contributed by atoms with Crippen LogP contribution in [0.3, 0.4) is 0 Å². The summed E-state index contributed by atoms with van der Waals surface area (Å²) < 4.78 is 0. The smallest absolute Gasteiger partial charge is 0.254 e. The molecule has 188 valence electrons. The Morgan fingerprint density at radius 3 is 2.03 bits per heavy atom. The molecule has 1 heterocycles. The molecule has 0 aromatic heterocycles. The van der Waals surface area contributed by atoms with E-state index in [4.69, 9.17) is 0 Å². The predicted molar refractivity (Wildman–Crippen MR) is 129 cm³/mol. The van der Waals surface area contributed by atoms with E-state index in [0.717, 1.165) is 50.4 Å². The monoisotopic (exact) mass is 469 g/mol. The molecule has 0 bridgehead atoms. The van der Waals surface area contributed by atoms with E-state index in [1.165, 1.54) is 44.9 Å². The SMILES string of the molecule is N#CC1(C2CCCC(C3CCC(C(=O)N4CCN(C(=O)C5(O)CC5)CC4)CC3)C2)CCCCC1. The summed E-state index contributed by atoms with van der Waals surface area (Å²) in [5.41, 5.74) is -1.16. The minimum Gasteiger partial charge on any atom is -0.380 e. The lowest BCUT2D eigenvalue weighted by atomic mass is 9.58. The van der Waals surface area contributed by atoms with E-state index in [1.807, 2.05) is 4.90 Å². The molecule has 0 aromatic rings. The van der Waals surface area contributed by atoms with E-state index in [0.29, 0.717) is 44.9 Å². The normalized spacial score (nSPS) is 35.3. The van der Waals surface area contributed by atoms with Crippen molar-refractivity contribution in [2.24, 2.45) is 29.1 Å². The van der Waals surface area contributed by atoms with Crippen molar-refractivity contribution in [2.45, 2.75) is 102 Å². The molecule has 1 saturated heterocycles. The second kappa shape index (κ2) is 9.80. The summed E-state index contributed by atoms with van der Waals surface area (Å²) in [5, 5.41) is 20.2. The van der Waals surface area contributed by atoms with Gasteiger partial charge in [-0.2, -0.15) is 5.26 Å². The maximum absolute atomic E-state index is 13.2. The van der Waals surface area contributed by atoms with Crippen molar-refractivity contribution < 1.29 is 14.7 Å². The van der Waals surface area contributed by atoms with Gasteiger partial charge in [0, 0.05) is 32.1 Å². The van der Waals surface area contributed by atoms with Crippen molar-refractivity contribution in [2.75, 3.05) is 26.2 Å². The Kier molecular flexibility index (Phi) is 6.95. The van der Waals surface area contributed by atoms with Gasteiger partial charge in [-0.3, -0.25) is 9.59 Å². The Morgan fingerprint density at radius 1 is 0.765 bits per heavy atom. The number of piperazine rings is 1. The van der Waals surface area contributed by atoms with Crippen molar-refractivity contribution in [3.05, 3.63) is 0 Å². The van der Waals surface area contributed by atoms with E-state index >= 15 is 0 Å². The molecular weight excluding hydrogens is 426 g/mol. The van der Waals surface area contributed by atoms with Gasteiger partial charge in [0.15, 0.2) is 0 Å². The van der Waals surface area contributed by atoms with Crippen LogP contribution in [-0.2, 0) is 9.59 Å². The number of amides is 2. The molecule has 1 aliphatic heterocycles. The van der Waals surface area contributed by atoms with E-state index in [-0.39, 0.29) is 23.1 Å². The van der Waals surface area contributed by atoms with Crippen LogP contribution in [0, 0.1) is 40.4 Å². The van der Waals surface area contributed by atoms with Crippen LogP contribution in [0.4, 0.5) is 0 Å². The summed E-state index contributed by atoms with van der Waals surface area (Å²) in [5.74, 6) is 2.32. The van der Waals surface area contributed by atoms with Crippen molar-refractivity contribution in [1.29, 1.82) is 5.26 Å². The van der Waals surface area contributed by atoms with E-state index in [2.05, 4.69) is 6.07 Å². The van der Waals surface area contributed by atoms with E-state index in [1.54, 1.807) is 4.90 Å². The Balaban J connectivity index is 1.09. The van der Waals surface area contributed by atoms with Crippen LogP contribution < -0.4 is 0 Å². The van der Waals surface area contributed by atoms with Gasteiger partial charge in [0.05, 0.1) is 11.5 Å². The van der Waals surface area contributed by atoms with Gasteiger partial charge in [-0.25, -0.2) is 0 Å². The average molecular weight is 470 g/mol. The molecular formula is C28H43N3O3. The highest BCUT2D eigenvalue weighted by Gasteiger charge is 2.50. The topological polar surface area (TPSA) is 84.6 Å². The van der Waals surface area contributed by atoms with Crippen molar-refractivity contribution in [3.63, 3.8) is 0 Å². The zero-order valence-corrected chi connectivity index (χ0v) is 20.8. The third kappa shape index (κ3) is 4.74. The molecule has 2 amide bonds. The number of nitrogens with zero attached hydrogens (tertiary/aromatic N) is 3. The Morgan fingerprint density at radius 2 is 1.41 bits per heavy atom. The lowest BCUT2D eigenvalue weighted by Crippen LogP contribution is -2.54. The molecule has 4 saturated carbocycles. The highest BCUT2D eigenvalue weighted by molar-refractivity contribution is 5.88. The molecule has 0 radical (unpaired) electrons. The van der Waals surface area contributed by atoms with Crippen LogP contribution in [0.25, 0.3) is 0 Å². The maximum Gasteiger partial charge on any atom is 0.254 e.